The molecule has 11 nitrogen and oxygen atoms in total. The van der Waals surface area contributed by atoms with Crippen molar-refractivity contribution >= 4 is 34.9 Å². The number of amides is 2. The Kier molecular flexibility index (Phi) is 7.48. The number of nitrogens with zero attached hydrogens (tertiary/aromatic N) is 7. The molecule has 3 fully saturated rings. The van der Waals surface area contributed by atoms with Crippen molar-refractivity contribution in [1.29, 1.82) is 0 Å². The van der Waals surface area contributed by atoms with Gasteiger partial charge in [-0.05, 0) is 63.8 Å². The molecule has 2 saturated heterocycles. The Hall–Kier alpha value is -4.81. The van der Waals surface area contributed by atoms with Crippen molar-refractivity contribution in [2.75, 3.05) is 26.2 Å². The minimum absolute atomic E-state index is 0.0217. The van der Waals surface area contributed by atoms with Crippen LogP contribution in [0.2, 0.25) is 0 Å². The number of benzene rings is 1. The Morgan fingerprint density at radius 2 is 1.85 bits per heavy atom. The maximum absolute atomic E-state index is 15.3. The predicted molar refractivity (Wildman–Crippen MR) is 168 cm³/mol. The van der Waals surface area contributed by atoms with Crippen LogP contribution in [0.4, 0.5) is 8.78 Å². The number of hydrogen-bond donors (Lipinski definition) is 1. The zero-order valence-corrected chi connectivity index (χ0v) is 25.8. The van der Waals surface area contributed by atoms with Crippen LogP contribution in [0.5, 0.6) is 5.75 Å². The summed E-state index contributed by atoms with van der Waals surface area (Å²) in [5.74, 6) is -2.08. The summed E-state index contributed by atoms with van der Waals surface area (Å²) in [6.45, 7) is 6.72. The topological polar surface area (TPSA) is 108 Å². The molecule has 1 N–H and O–H groups in total. The highest BCUT2D eigenvalue weighted by atomic mass is 19.1. The molecular weight excluding hydrogens is 594 g/mol. The third-order valence-corrected chi connectivity index (χ3v) is 9.25. The molecule has 1 saturated carbocycles. The van der Waals surface area contributed by atoms with Gasteiger partial charge in [0.15, 0.2) is 5.83 Å². The maximum Gasteiger partial charge on any atom is 0.282 e. The molecule has 5 heterocycles. The van der Waals surface area contributed by atoms with E-state index < -0.39 is 36.4 Å². The molecule has 7 rings (SSSR count). The van der Waals surface area contributed by atoms with Gasteiger partial charge in [-0.2, -0.15) is 0 Å². The highest BCUT2D eigenvalue weighted by Crippen LogP contribution is 2.42. The number of imidazole rings is 1. The third-order valence-electron chi connectivity index (χ3n) is 9.25. The molecule has 3 aromatic rings. The molecule has 4 aliphatic rings. The molecule has 0 radical (unpaired) electrons. The fraction of sp³-hybridized carbons (Fsp3) is 0.424. The van der Waals surface area contributed by atoms with Crippen LogP contribution >= 0.6 is 0 Å². The van der Waals surface area contributed by atoms with E-state index in [1.54, 1.807) is 12.5 Å². The second kappa shape index (κ2) is 11.5. The van der Waals surface area contributed by atoms with Crippen LogP contribution < -0.4 is 10.2 Å². The van der Waals surface area contributed by atoms with E-state index in [4.69, 9.17) is 14.7 Å². The lowest BCUT2D eigenvalue weighted by Gasteiger charge is -2.47. The number of rotatable bonds is 8. The van der Waals surface area contributed by atoms with E-state index >= 15 is 4.39 Å². The zero-order chi connectivity index (χ0) is 32.2. The van der Waals surface area contributed by atoms with Gasteiger partial charge in [-0.25, -0.2) is 18.8 Å². The van der Waals surface area contributed by atoms with Gasteiger partial charge in [-0.15, -0.1) is 0 Å². The standard InChI is InChI=1S/C33H36F2N8O3/c1-20(34)31(44)41-16-33(35,17-41)32(45)40-12-9-25(10-13-40)43-21(2)29(37-18-39-43)23-14-27-30(42(19-38-27)24-7-8-24)28(15-23)46-22(3)26-6-4-5-11-36-26/h4-6,11,14-15,18-19,22,24-25H,1,7-10,12-13,16-17H2,2-3H3,(H,37,39)/t22-/m1/s1. The number of carbonyl (C=O) groups excluding carboxylic acids is 2. The Labute approximate surface area is 265 Å². The lowest BCUT2D eigenvalue weighted by molar-refractivity contribution is -0.163. The van der Waals surface area contributed by atoms with E-state index in [1.807, 2.05) is 50.5 Å². The van der Waals surface area contributed by atoms with Crippen molar-refractivity contribution in [3.63, 3.8) is 0 Å². The molecule has 2 aromatic heterocycles. The number of nitrogens with one attached hydrogen (secondary N) is 1. The van der Waals surface area contributed by atoms with Crippen molar-refractivity contribution in [1.82, 2.24) is 34.8 Å². The zero-order valence-electron chi connectivity index (χ0n) is 25.8. The number of aliphatic imine (C=N–C) groups is 1. The van der Waals surface area contributed by atoms with Crippen LogP contribution in [-0.2, 0) is 9.59 Å². The molecule has 0 bridgehead atoms. The van der Waals surface area contributed by atoms with Crippen LogP contribution in [0.3, 0.4) is 0 Å². The molecule has 2 amide bonds. The van der Waals surface area contributed by atoms with E-state index in [2.05, 4.69) is 26.6 Å². The first kappa shape index (κ1) is 29.9. The molecule has 1 aliphatic carbocycles. The Bertz CT molecular complexity index is 1750. The number of aromatic nitrogens is 3. The largest absolute Gasteiger partial charge is 0.482 e. The number of carbonyl (C=O) groups is 2. The van der Waals surface area contributed by atoms with Crippen molar-refractivity contribution in [2.45, 2.75) is 63.4 Å². The molecule has 0 unspecified atom stereocenters. The molecular formula is C33H36F2N8O3. The molecule has 46 heavy (non-hydrogen) atoms. The first-order chi connectivity index (χ1) is 22.1. The van der Waals surface area contributed by atoms with E-state index in [0.29, 0.717) is 32.0 Å². The van der Waals surface area contributed by atoms with Gasteiger partial charge in [0.05, 0.1) is 48.1 Å². The van der Waals surface area contributed by atoms with Gasteiger partial charge in [-0.1, -0.05) is 12.6 Å². The van der Waals surface area contributed by atoms with E-state index in [1.165, 1.54) is 4.90 Å². The molecule has 3 aliphatic heterocycles. The van der Waals surface area contributed by atoms with Crippen LogP contribution in [0.1, 0.15) is 62.9 Å². The number of pyridine rings is 1. The summed E-state index contributed by atoms with van der Waals surface area (Å²) in [5.41, 5.74) is 6.21. The summed E-state index contributed by atoms with van der Waals surface area (Å²) in [5, 5.41) is 2.05. The van der Waals surface area contributed by atoms with E-state index in [9.17, 15) is 14.0 Å². The minimum atomic E-state index is -2.20. The number of likely N-dealkylation sites (tertiary alicyclic amines) is 2. The highest BCUT2D eigenvalue weighted by Gasteiger charge is 2.54. The molecule has 1 aromatic carbocycles. The van der Waals surface area contributed by atoms with Gasteiger partial charge in [0.1, 0.15) is 23.7 Å². The van der Waals surface area contributed by atoms with Crippen LogP contribution in [0.25, 0.3) is 16.7 Å². The second-order valence-electron chi connectivity index (χ2n) is 12.5. The normalized spacial score (nSPS) is 20.4. The SMILES string of the molecule is C=C(F)C(=O)N1CC(F)(C(=O)N2CCC(N3NC=NC(c4cc(O[C@H](C)c5ccccn5)c5c(c4)ncn5C4CC4)=C3C)CC2)C1. The number of alkyl halides is 1. The monoisotopic (exact) mass is 630 g/mol. The average Bonchev–Trinajstić information content (AvgIpc) is 3.81. The summed E-state index contributed by atoms with van der Waals surface area (Å²) in [6, 6.07) is 10.3. The number of allylic oxidation sites excluding steroid dienone is 1. The first-order valence-electron chi connectivity index (χ1n) is 15.6. The summed E-state index contributed by atoms with van der Waals surface area (Å²) in [6.07, 6.45) is 8.43. The fourth-order valence-electron chi connectivity index (χ4n) is 6.60. The fourth-order valence-corrected chi connectivity index (χ4v) is 6.60. The number of hydrogen-bond acceptors (Lipinski definition) is 8. The lowest BCUT2D eigenvalue weighted by atomic mass is 9.92. The first-order valence-corrected chi connectivity index (χ1v) is 15.6. The molecule has 13 heteroatoms. The summed E-state index contributed by atoms with van der Waals surface area (Å²) >= 11 is 0. The Morgan fingerprint density at radius 1 is 1.09 bits per heavy atom. The number of hydrazine groups is 1. The molecule has 1 atom stereocenters. The number of fused-ring (bicyclic) bond motifs is 1. The smallest absolute Gasteiger partial charge is 0.282 e. The Balaban J connectivity index is 1.09. The van der Waals surface area contributed by atoms with Gasteiger partial charge in [-0.3, -0.25) is 25.0 Å². The quantitative estimate of drug-likeness (QED) is 0.366. The van der Waals surface area contributed by atoms with Crippen molar-refractivity contribution in [2.24, 2.45) is 4.99 Å². The van der Waals surface area contributed by atoms with Gasteiger partial charge in [0.2, 0.25) is 5.67 Å². The Morgan fingerprint density at radius 3 is 2.52 bits per heavy atom. The van der Waals surface area contributed by atoms with E-state index in [0.717, 1.165) is 57.2 Å². The highest BCUT2D eigenvalue weighted by molar-refractivity contribution is 5.95. The number of piperidine rings is 1. The third kappa shape index (κ3) is 5.37. The van der Waals surface area contributed by atoms with Crippen LogP contribution in [-0.4, -0.2) is 85.4 Å². The van der Waals surface area contributed by atoms with E-state index in [-0.39, 0.29) is 12.1 Å². The minimum Gasteiger partial charge on any atom is -0.482 e. The van der Waals surface area contributed by atoms with Crippen molar-refractivity contribution in [3.8, 4) is 5.75 Å². The number of ether oxygens (including phenoxy) is 1. The molecule has 0 spiro atoms. The van der Waals surface area contributed by atoms with Gasteiger partial charge in [0, 0.05) is 30.9 Å². The molecule has 240 valence electrons. The predicted octanol–water partition coefficient (Wildman–Crippen LogP) is 4.47. The van der Waals surface area contributed by atoms with Crippen LogP contribution in [0, 0.1) is 0 Å². The summed E-state index contributed by atoms with van der Waals surface area (Å²) in [7, 11) is 0. The maximum atomic E-state index is 15.3. The van der Waals surface area contributed by atoms with Crippen LogP contribution in [0.15, 0.2) is 66.0 Å². The van der Waals surface area contributed by atoms with Gasteiger partial charge < -0.3 is 19.1 Å². The second-order valence-corrected chi connectivity index (χ2v) is 12.5. The average molecular weight is 631 g/mol. The van der Waals surface area contributed by atoms with Gasteiger partial charge >= 0.3 is 0 Å². The summed E-state index contributed by atoms with van der Waals surface area (Å²) in [4.78, 5) is 41.1. The number of halogens is 2. The van der Waals surface area contributed by atoms with Crippen molar-refractivity contribution < 1.29 is 23.1 Å². The summed E-state index contributed by atoms with van der Waals surface area (Å²) < 4.78 is 37.2. The van der Waals surface area contributed by atoms with Crippen molar-refractivity contribution in [3.05, 3.63) is 72.2 Å². The van der Waals surface area contributed by atoms with Gasteiger partial charge in [0.25, 0.3) is 11.8 Å². The lowest BCUT2D eigenvalue weighted by Crippen LogP contribution is -2.68.